The second kappa shape index (κ2) is 10.8. The van der Waals surface area contributed by atoms with Gasteiger partial charge in [0.15, 0.2) is 0 Å². The molecule has 0 spiro atoms. The standard InChI is InChI=1S/C24H30O5/c1-16(2)5-9-22(26)18(4)14-20(25)13-17(3)11-12-28-21-8-6-19-7-10-24(27)29-23(19)15-21/h5-8,10-11,14-15,20,22,25-26H,9,12-13H2,1-4H3/b17-11+,18-14+/t20-,22-/m1/s1. The average molecular weight is 398 g/mol. The number of allylic oxidation sites excluding steroid dienone is 1. The first-order chi connectivity index (χ1) is 13.7. The number of hydrogen-bond donors (Lipinski definition) is 2. The summed E-state index contributed by atoms with van der Waals surface area (Å²) in [5.41, 5.74) is 2.99. The maximum absolute atomic E-state index is 11.3. The van der Waals surface area contributed by atoms with Gasteiger partial charge in [-0.1, -0.05) is 23.3 Å². The predicted molar refractivity (Wildman–Crippen MR) is 116 cm³/mol. The summed E-state index contributed by atoms with van der Waals surface area (Å²) in [6, 6.07) is 8.44. The molecule has 0 aliphatic carbocycles. The molecule has 0 radical (unpaired) electrons. The van der Waals surface area contributed by atoms with E-state index in [9.17, 15) is 15.0 Å². The van der Waals surface area contributed by atoms with Crippen LogP contribution >= 0.6 is 0 Å². The number of aliphatic hydroxyl groups is 2. The number of rotatable bonds is 9. The normalized spacial score (nSPS) is 14.6. The first-order valence-electron chi connectivity index (χ1n) is 9.74. The Morgan fingerprint density at radius 3 is 2.55 bits per heavy atom. The molecule has 0 aliphatic heterocycles. The number of benzene rings is 1. The summed E-state index contributed by atoms with van der Waals surface area (Å²) >= 11 is 0. The Morgan fingerprint density at radius 1 is 1.10 bits per heavy atom. The van der Waals surface area contributed by atoms with Crippen LogP contribution in [0.2, 0.25) is 0 Å². The highest BCUT2D eigenvalue weighted by atomic mass is 16.5. The molecule has 5 nitrogen and oxygen atoms in total. The fraction of sp³-hybridized carbons (Fsp3) is 0.375. The molecule has 1 heterocycles. The molecule has 0 fully saturated rings. The van der Waals surface area contributed by atoms with Crippen molar-refractivity contribution in [2.45, 2.75) is 52.7 Å². The van der Waals surface area contributed by atoms with Gasteiger partial charge in [-0.15, -0.1) is 0 Å². The molecular weight excluding hydrogens is 368 g/mol. The van der Waals surface area contributed by atoms with E-state index in [0.29, 0.717) is 30.8 Å². The van der Waals surface area contributed by atoms with Gasteiger partial charge in [-0.3, -0.25) is 0 Å². The monoisotopic (exact) mass is 398 g/mol. The SMILES string of the molecule is CC(C)=CC[C@@H](O)/C(C)=C/[C@H](O)C/C(C)=C/COc1ccc2ccc(=O)oc2c1. The first kappa shape index (κ1) is 22.7. The van der Waals surface area contributed by atoms with Crippen LogP contribution in [0.4, 0.5) is 0 Å². The van der Waals surface area contributed by atoms with Crippen molar-refractivity contribution in [3.63, 3.8) is 0 Å². The van der Waals surface area contributed by atoms with Gasteiger partial charge in [0.25, 0.3) is 0 Å². The maximum Gasteiger partial charge on any atom is 0.336 e. The summed E-state index contributed by atoms with van der Waals surface area (Å²) in [4.78, 5) is 11.3. The molecule has 0 saturated heterocycles. The van der Waals surface area contributed by atoms with E-state index in [-0.39, 0.29) is 0 Å². The molecule has 2 N–H and O–H groups in total. The first-order valence-corrected chi connectivity index (χ1v) is 9.74. The second-order valence-corrected chi connectivity index (χ2v) is 7.53. The van der Waals surface area contributed by atoms with Crippen LogP contribution in [0.5, 0.6) is 5.75 Å². The highest BCUT2D eigenvalue weighted by molar-refractivity contribution is 5.77. The van der Waals surface area contributed by atoms with Gasteiger partial charge in [-0.05, 0) is 70.4 Å². The van der Waals surface area contributed by atoms with Gasteiger partial charge < -0.3 is 19.4 Å². The van der Waals surface area contributed by atoms with Crippen LogP contribution in [0.25, 0.3) is 11.0 Å². The van der Waals surface area contributed by atoms with Gasteiger partial charge in [-0.2, -0.15) is 0 Å². The van der Waals surface area contributed by atoms with Crippen molar-refractivity contribution in [2.24, 2.45) is 0 Å². The molecule has 2 aromatic rings. The lowest BCUT2D eigenvalue weighted by Gasteiger charge is -2.13. The molecule has 0 bridgehead atoms. The lowest BCUT2D eigenvalue weighted by atomic mass is 10.0. The van der Waals surface area contributed by atoms with Crippen LogP contribution in [0.15, 0.2) is 74.5 Å². The molecule has 0 amide bonds. The lowest BCUT2D eigenvalue weighted by Crippen LogP contribution is -2.11. The van der Waals surface area contributed by atoms with Gasteiger partial charge in [0.1, 0.15) is 17.9 Å². The second-order valence-electron chi connectivity index (χ2n) is 7.53. The van der Waals surface area contributed by atoms with Crippen LogP contribution in [0.3, 0.4) is 0 Å². The minimum absolute atomic E-state index is 0.340. The summed E-state index contributed by atoms with van der Waals surface area (Å²) in [7, 11) is 0. The number of hydrogen-bond acceptors (Lipinski definition) is 5. The zero-order valence-electron chi connectivity index (χ0n) is 17.5. The molecule has 2 atom stereocenters. The Kier molecular flexibility index (Phi) is 8.43. The third kappa shape index (κ3) is 7.72. The molecule has 5 heteroatoms. The Hall–Kier alpha value is -2.63. The molecule has 1 aromatic carbocycles. The highest BCUT2D eigenvalue weighted by Crippen LogP contribution is 2.20. The number of fused-ring (bicyclic) bond motifs is 1. The van der Waals surface area contributed by atoms with E-state index in [0.717, 1.165) is 22.1 Å². The van der Waals surface area contributed by atoms with E-state index in [1.807, 2.05) is 52.0 Å². The summed E-state index contributed by atoms with van der Waals surface area (Å²) in [5, 5.41) is 21.2. The largest absolute Gasteiger partial charge is 0.489 e. The quantitative estimate of drug-likeness (QED) is 0.479. The molecular formula is C24H30O5. The molecule has 0 unspecified atom stereocenters. The summed E-state index contributed by atoms with van der Waals surface area (Å²) < 4.78 is 10.9. The third-order valence-corrected chi connectivity index (χ3v) is 4.54. The molecule has 2 rings (SSSR count). The predicted octanol–water partition coefficient (Wildman–Crippen LogP) is 4.53. The van der Waals surface area contributed by atoms with Gasteiger partial charge in [0.2, 0.25) is 0 Å². The van der Waals surface area contributed by atoms with Crippen LogP contribution in [-0.4, -0.2) is 29.0 Å². The molecule has 156 valence electrons. The minimum Gasteiger partial charge on any atom is -0.489 e. The minimum atomic E-state index is -0.664. The fourth-order valence-corrected chi connectivity index (χ4v) is 2.83. The third-order valence-electron chi connectivity index (χ3n) is 4.54. The zero-order valence-corrected chi connectivity index (χ0v) is 17.5. The van der Waals surface area contributed by atoms with Crippen LogP contribution in [0, 0.1) is 0 Å². The van der Waals surface area contributed by atoms with Crippen molar-refractivity contribution < 1.29 is 19.4 Å². The van der Waals surface area contributed by atoms with E-state index >= 15 is 0 Å². The average Bonchev–Trinajstić information content (AvgIpc) is 2.65. The van der Waals surface area contributed by atoms with Gasteiger partial charge >= 0.3 is 5.63 Å². The van der Waals surface area contributed by atoms with Crippen molar-refractivity contribution in [1.82, 2.24) is 0 Å². The van der Waals surface area contributed by atoms with E-state index in [4.69, 9.17) is 9.15 Å². The van der Waals surface area contributed by atoms with Gasteiger partial charge in [-0.25, -0.2) is 4.79 Å². The van der Waals surface area contributed by atoms with Gasteiger partial charge in [0.05, 0.1) is 12.2 Å². The Morgan fingerprint density at radius 2 is 1.83 bits per heavy atom. The Bertz CT molecular complexity index is 961. The molecule has 1 aromatic heterocycles. The lowest BCUT2D eigenvalue weighted by molar-refractivity contribution is 0.199. The van der Waals surface area contributed by atoms with Crippen molar-refractivity contribution in [3.05, 3.63) is 75.7 Å². The maximum atomic E-state index is 11.3. The molecule has 0 aliphatic rings. The molecule has 29 heavy (non-hydrogen) atoms. The van der Waals surface area contributed by atoms with Gasteiger partial charge in [0, 0.05) is 17.5 Å². The topological polar surface area (TPSA) is 79.9 Å². The van der Waals surface area contributed by atoms with E-state index < -0.39 is 17.8 Å². The van der Waals surface area contributed by atoms with Crippen LogP contribution in [0.1, 0.15) is 40.5 Å². The number of ether oxygens (including phenoxy) is 1. The summed E-state index contributed by atoms with van der Waals surface area (Å²) in [6.45, 7) is 8.07. The smallest absolute Gasteiger partial charge is 0.336 e. The highest BCUT2D eigenvalue weighted by Gasteiger charge is 2.08. The van der Waals surface area contributed by atoms with Crippen molar-refractivity contribution in [2.75, 3.05) is 6.61 Å². The Labute approximate surface area is 171 Å². The van der Waals surface area contributed by atoms with Crippen LogP contribution < -0.4 is 10.4 Å². The zero-order chi connectivity index (χ0) is 21.4. The fourth-order valence-electron chi connectivity index (χ4n) is 2.83. The van der Waals surface area contributed by atoms with E-state index in [1.165, 1.54) is 6.07 Å². The summed E-state index contributed by atoms with van der Waals surface area (Å²) in [6.07, 6.45) is 5.34. The van der Waals surface area contributed by atoms with Crippen LogP contribution in [-0.2, 0) is 0 Å². The van der Waals surface area contributed by atoms with E-state index in [2.05, 4.69) is 0 Å². The van der Waals surface area contributed by atoms with E-state index in [1.54, 1.807) is 18.2 Å². The van der Waals surface area contributed by atoms with Crippen molar-refractivity contribution >= 4 is 11.0 Å². The molecule has 0 saturated carbocycles. The Balaban J connectivity index is 1.88. The van der Waals surface area contributed by atoms with Crippen molar-refractivity contribution in [3.8, 4) is 5.75 Å². The summed E-state index contributed by atoms with van der Waals surface area (Å²) in [5.74, 6) is 0.606. The van der Waals surface area contributed by atoms with Crippen molar-refractivity contribution in [1.29, 1.82) is 0 Å². The number of aliphatic hydroxyl groups excluding tert-OH is 2.